The fraction of sp³-hybridized carbons (Fsp3) is 0.400. The van der Waals surface area contributed by atoms with Gasteiger partial charge in [0.25, 0.3) is 0 Å². The Labute approximate surface area is 115 Å². The summed E-state index contributed by atoms with van der Waals surface area (Å²) in [4.78, 5) is 7.43. The van der Waals surface area contributed by atoms with Gasteiger partial charge in [0.15, 0.2) is 10.4 Å². The maximum absolute atomic E-state index is 11.4. The molecular formula is C10H12BrN3OS2. The number of nitrogens with one attached hydrogen (secondary N) is 1. The number of hydrogen-bond acceptors (Lipinski definition) is 3. The Kier molecular flexibility index (Phi) is 3.79. The van der Waals surface area contributed by atoms with E-state index in [9.17, 15) is 4.21 Å². The summed E-state index contributed by atoms with van der Waals surface area (Å²) in [6.07, 6.45) is 3.43. The van der Waals surface area contributed by atoms with Crippen LogP contribution in [0.15, 0.2) is 16.7 Å². The molecule has 0 aliphatic carbocycles. The van der Waals surface area contributed by atoms with Crippen LogP contribution >= 0.6 is 28.1 Å². The molecule has 0 saturated carbocycles. The summed E-state index contributed by atoms with van der Waals surface area (Å²) in [5.41, 5.74) is 1.69. The lowest BCUT2D eigenvalue weighted by Crippen LogP contribution is -2.17. The number of nitrogens with zero attached hydrogens (tertiary/aromatic N) is 2. The summed E-state index contributed by atoms with van der Waals surface area (Å²) in [5.74, 6) is 0. The summed E-state index contributed by atoms with van der Waals surface area (Å²) >= 11 is 8.62. The molecule has 0 aromatic carbocycles. The lowest BCUT2D eigenvalue weighted by Gasteiger charge is -2.09. The highest BCUT2D eigenvalue weighted by atomic mass is 79.9. The van der Waals surface area contributed by atoms with Gasteiger partial charge in [-0.3, -0.25) is 4.21 Å². The third kappa shape index (κ3) is 2.66. The number of hydrogen-bond donors (Lipinski definition) is 1. The molecule has 0 spiro atoms. The molecule has 0 saturated heterocycles. The summed E-state index contributed by atoms with van der Waals surface area (Å²) in [7, 11) is -0.869. The average Bonchev–Trinajstić information content (AvgIpc) is 2.54. The van der Waals surface area contributed by atoms with E-state index in [1.807, 2.05) is 17.6 Å². The van der Waals surface area contributed by atoms with Crippen LogP contribution in [0.3, 0.4) is 0 Å². The van der Waals surface area contributed by atoms with Gasteiger partial charge in [0.05, 0.1) is 5.52 Å². The second kappa shape index (κ2) is 4.99. The normalized spacial score (nSPS) is 15.0. The summed E-state index contributed by atoms with van der Waals surface area (Å²) in [6.45, 7) is 2.55. The zero-order valence-electron chi connectivity index (χ0n) is 9.44. The number of imidazole rings is 1. The van der Waals surface area contributed by atoms with Crippen LogP contribution in [0.25, 0.3) is 11.2 Å². The third-order valence-corrected chi connectivity index (χ3v) is 4.62. The van der Waals surface area contributed by atoms with E-state index in [1.165, 1.54) is 0 Å². The molecule has 0 bridgehead atoms. The first-order valence-electron chi connectivity index (χ1n) is 5.05. The minimum atomic E-state index is -0.869. The predicted molar refractivity (Wildman–Crippen MR) is 76.1 cm³/mol. The van der Waals surface area contributed by atoms with Crippen LogP contribution < -0.4 is 0 Å². The number of pyridine rings is 1. The van der Waals surface area contributed by atoms with Crippen molar-refractivity contribution in [2.75, 3.05) is 6.26 Å². The molecule has 2 aromatic heterocycles. The fourth-order valence-electron chi connectivity index (χ4n) is 1.55. The van der Waals surface area contributed by atoms with Crippen LogP contribution in [0.5, 0.6) is 0 Å². The minimum absolute atomic E-state index is 0.0474. The van der Waals surface area contributed by atoms with Crippen LogP contribution in [-0.4, -0.2) is 30.2 Å². The summed E-state index contributed by atoms with van der Waals surface area (Å²) < 4.78 is 14.8. The van der Waals surface area contributed by atoms with Crippen LogP contribution in [-0.2, 0) is 17.3 Å². The van der Waals surface area contributed by atoms with Crippen molar-refractivity contribution in [3.05, 3.63) is 21.5 Å². The second-order valence-electron chi connectivity index (χ2n) is 3.87. The number of fused-ring (bicyclic) bond motifs is 1. The molecule has 7 heteroatoms. The predicted octanol–water partition coefficient (Wildman–Crippen LogP) is 2.62. The monoisotopic (exact) mass is 333 g/mol. The molecule has 2 aromatic rings. The number of aromatic nitrogens is 3. The maximum Gasteiger partial charge on any atom is 0.179 e. The van der Waals surface area contributed by atoms with Crippen molar-refractivity contribution in [2.24, 2.45) is 0 Å². The molecule has 2 rings (SSSR count). The Morgan fingerprint density at radius 2 is 2.41 bits per heavy atom. The van der Waals surface area contributed by atoms with Gasteiger partial charge in [0.2, 0.25) is 0 Å². The van der Waals surface area contributed by atoms with Gasteiger partial charge in [-0.05, 0) is 41.1 Å². The topological polar surface area (TPSA) is 50.7 Å². The second-order valence-corrected chi connectivity index (χ2v) is 6.98. The first-order chi connectivity index (χ1) is 7.99. The van der Waals surface area contributed by atoms with Gasteiger partial charge in [0.1, 0.15) is 0 Å². The van der Waals surface area contributed by atoms with Crippen molar-refractivity contribution in [2.45, 2.75) is 18.7 Å². The van der Waals surface area contributed by atoms with Gasteiger partial charge in [-0.25, -0.2) is 4.98 Å². The number of aromatic amines is 1. The molecule has 0 fully saturated rings. The molecule has 2 heterocycles. The van der Waals surface area contributed by atoms with Crippen LogP contribution in [0.4, 0.5) is 0 Å². The molecule has 4 nitrogen and oxygen atoms in total. The lowest BCUT2D eigenvalue weighted by molar-refractivity contribution is 0.645. The highest BCUT2D eigenvalue weighted by molar-refractivity contribution is 9.10. The lowest BCUT2D eigenvalue weighted by atomic mass is 10.4. The zero-order chi connectivity index (χ0) is 12.6. The van der Waals surface area contributed by atoms with Crippen molar-refractivity contribution >= 4 is 50.1 Å². The van der Waals surface area contributed by atoms with Gasteiger partial charge < -0.3 is 9.55 Å². The Balaban J connectivity index is 2.50. The third-order valence-electron chi connectivity index (χ3n) is 2.58. The first-order valence-corrected chi connectivity index (χ1v) is 7.87. The molecule has 0 aliphatic heterocycles. The molecule has 1 N–H and O–H groups in total. The standard InChI is InChI=1S/C10H12BrN3OS2/c1-6(17(2)15)5-14-9-8(13-10(14)16)3-7(11)4-12-9/h3-4,6H,5H2,1-2H3,(H,13,16). The van der Waals surface area contributed by atoms with E-state index >= 15 is 0 Å². The highest BCUT2D eigenvalue weighted by Gasteiger charge is 2.12. The van der Waals surface area contributed by atoms with Gasteiger partial charge >= 0.3 is 0 Å². The van der Waals surface area contributed by atoms with E-state index in [4.69, 9.17) is 12.2 Å². The number of halogens is 1. The Bertz CT molecular complexity index is 634. The molecule has 0 aliphatic rings. The largest absolute Gasteiger partial charge is 0.329 e. The van der Waals surface area contributed by atoms with Crippen molar-refractivity contribution in [1.82, 2.24) is 14.5 Å². The molecule has 92 valence electrons. The van der Waals surface area contributed by atoms with Crippen LogP contribution in [0.1, 0.15) is 6.92 Å². The minimum Gasteiger partial charge on any atom is -0.329 e. The van der Waals surface area contributed by atoms with E-state index in [-0.39, 0.29) is 5.25 Å². The fourth-order valence-corrected chi connectivity index (χ4v) is 2.51. The van der Waals surface area contributed by atoms with Crippen molar-refractivity contribution in [1.29, 1.82) is 0 Å². The van der Waals surface area contributed by atoms with E-state index in [0.717, 1.165) is 15.6 Å². The smallest absolute Gasteiger partial charge is 0.179 e. The molecule has 0 radical (unpaired) electrons. The number of rotatable bonds is 3. The summed E-state index contributed by atoms with van der Waals surface area (Å²) in [5, 5.41) is 0.0474. The first kappa shape index (κ1) is 12.9. The number of H-pyrrole nitrogens is 1. The van der Waals surface area contributed by atoms with Crippen molar-refractivity contribution < 1.29 is 4.21 Å². The Hall–Kier alpha value is -0.530. The van der Waals surface area contributed by atoms with Crippen LogP contribution in [0.2, 0.25) is 0 Å². The highest BCUT2D eigenvalue weighted by Crippen LogP contribution is 2.17. The van der Waals surface area contributed by atoms with Gasteiger partial charge in [-0.1, -0.05) is 0 Å². The average molecular weight is 334 g/mol. The zero-order valence-corrected chi connectivity index (χ0v) is 12.7. The molecule has 2 unspecified atom stereocenters. The molecule has 17 heavy (non-hydrogen) atoms. The SMILES string of the molecule is CC(Cn1c(=S)[nH]c2cc(Br)cnc21)S(C)=O. The van der Waals surface area contributed by atoms with E-state index in [0.29, 0.717) is 11.3 Å². The van der Waals surface area contributed by atoms with E-state index < -0.39 is 10.8 Å². The van der Waals surface area contributed by atoms with Gasteiger partial charge in [-0.15, -0.1) is 0 Å². The quantitative estimate of drug-likeness (QED) is 0.878. The van der Waals surface area contributed by atoms with Gasteiger partial charge in [0, 0.05) is 39.5 Å². The molecular weight excluding hydrogens is 322 g/mol. The van der Waals surface area contributed by atoms with Crippen molar-refractivity contribution in [3.63, 3.8) is 0 Å². The maximum atomic E-state index is 11.4. The van der Waals surface area contributed by atoms with E-state index in [1.54, 1.807) is 12.5 Å². The van der Waals surface area contributed by atoms with Gasteiger partial charge in [-0.2, -0.15) is 0 Å². The molecule has 0 amide bonds. The van der Waals surface area contributed by atoms with E-state index in [2.05, 4.69) is 25.9 Å². The Morgan fingerprint density at radius 3 is 3.06 bits per heavy atom. The summed E-state index contributed by atoms with van der Waals surface area (Å²) in [6, 6.07) is 1.93. The van der Waals surface area contributed by atoms with Crippen molar-refractivity contribution in [3.8, 4) is 0 Å². The van der Waals surface area contributed by atoms with Crippen LogP contribution in [0, 0.1) is 4.77 Å². The Morgan fingerprint density at radius 1 is 1.71 bits per heavy atom. The molecule has 2 atom stereocenters.